The highest BCUT2D eigenvalue weighted by Crippen LogP contribution is 2.26. The third kappa shape index (κ3) is 2.43. The lowest BCUT2D eigenvalue weighted by Crippen LogP contribution is -1.97. The fraction of sp³-hybridized carbons (Fsp3) is 0.182. The minimum atomic E-state index is 0.462. The van der Waals surface area contributed by atoms with Gasteiger partial charge in [0.15, 0.2) is 0 Å². The third-order valence-electron chi connectivity index (χ3n) is 2.05. The summed E-state index contributed by atoms with van der Waals surface area (Å²) in [6.45, 7) is 0.462. The van der Waals surface area contributed by atoms with E-state index in [0.717, 1.165) is 5.01 Å². The van der Waals surface area contributed by atoms with E-state index in [0.29, 0.717) is 23.8 Å². The Bertz CT molecular complexity index is 457. The van der Waals surface area contributed by atoms with Crippen LogP contribution in [0.1, 0.15) is 5.01 Å². The molecule has 0 atom stereocenters. The Morgan fingerprint density at radius 1 is 1.44 bits per heavy atom. The van der Waals surface area contributed by atoms with Gasteiger partial charge in [-0.05, 0) is 12.1 Å². The van der Waals surface area contributed by atoms with Crippen molar-refractivity contribution in [2.24, 2.45) is 0 Å². The highest BCUT2D eigenvalue weighted by Gasteiger charge is 2.02. The number of nitrogen functional groups attached to an aromatic ring is 1. The van der Waals surface area contributed by atoms with Gasteiger partial charge in [0.05, 0.1) is 12.8 Å². The molecular weight excluding hydrogens is 224 g/mol. The van der Waals surface area contributed by atoms with Gasteiger partial charge < -0.3 is 15.2 Å². The van der Waals surface area contributed by atoms with Crippen molar-refractivity contribution in [1.29, 1.82) is 0 Å². The zero-order valence-corrected chi connectivity index (χ0v) is 9.66. The van der Waals surface area contributed by atoms with E-state index in [2.05, 4.69) is 4.98 Å². The average molecular weight is 236 g/mol. The molecule has 0 saturated carbocycles. The van der Waals surface area contributed by atoms with Crippen molar-refractivity contribution in [1.82, 2.24) is 4.98 Å². The maximum atomic E-state index is 5.76. The Hall–Kier alpha value is -1.75. The van der Waals surface area contributed by atoms with Gasteiger partial charge in [0.2, 0.25) is 0 Å². The Kier molecular flexibility index (Phi) is 3.26. The van der Waals surface area contributed by atoms with E-state index < -0.39 is 0 Å². The summed E-state index contributed by atoms with van der Waals surface area (Å²) in [4.78, 5) is 4.13. The van der Waals surface area contributed by atoms with Crippen LogP contribution in [0, 0.1) is 0 Å². The van der Waals surface area contributed by atoms with Crippen molar-refractivity contribution in [2.75, 3.05) is 12.8 Å². The van der Waals surface area contributed by atoms with Gasteiger partial charge in [-0.3, -0.25) is 0 Å². The minimum Gasteiger partial charge on any atom is -0.495 e. The van der Waals surface area contributed by atoms with Gasteiger partial charge in [0, 0.05) is 17.6 Å². The van der Waals surface area contributed by atoms with Crippen LogP contribution >= 0.6 is 11.3 Å². The molecule has 0 amide bonds. The number of thiazole rings is 1. The Morgan fingerprint density at radius 3 is 2.94 bits per heavy atom. The van der Waals surface area contributed by atoms with Gasteiger partial charge in [0.1, 0.15) is 23.1 Å². The zero-order valence-electron chi connectivity index (χ0n) is 8.84. The summed E-state index contributed by atoms with van der Waals surface area (Å²) >= 11 is 1.56. The predicted molar refractivity (Wildman–Crippen MR) is 63.9 cm³/mol. The molecule has 0 unspecified atom stereocenters. The summed E-state index contributed by atoms with van der Waals surface area (Å²) < 4.78 is 10.6. The van der Waals surface area contributed by atoms with Crippen molar-refractivity contribution in [3.05, 3.63) is 34.8 Å². The molecule has 4 nitrogen and oxygen atoms in total. The first-order valence-corrected chi connectivity index (χ1v) is 5.62. The number of anilines is 1. The number of ether oxygens (including phenoxy) is 2. The topological polar surface area (TPSA) is 57.4 Å². The van der Waals surface area contributed by atoms with Gasteiger partial charge in [0.25, 0.3) is 0 Å². The molecule has 0 bridgehead atoms. The van der Waals surface area contributed by atoms with E-state index in [1.165, 1.54) is 0 Å². The molecule has 0 spiro atoms. The minimum absolute atomic E-state index is 0.462. The molecule has 1 heterocycles. The number of aromatic nitrogens is 1. The molecule has 0 saturated heterocycles. The summed E-state index contributed by atoms with van der Waals surface area (Å²) in [6, 6.07) is 5.35. The Balaban J connectivity index is 2.02. The largest absolute Gasteiger partial charge is 0.495 e. The standard InChI is InChI=1S/C11H12N2O2S/c1-14-10-3-2-8(6-9(10)12)15-7-11-13-4-5-16-11/h2-6H,7,12H2,1H3. The molecule has 0 aliphatic rings. The van der Waals surface area contributed by atoms with E-state index in [4.69, 9.17) is 15.2 Å². The zero-order chi connectivity index (χ0) is 11.4. The second kappa shape index (κ2) is 4.85. The van der Waals surface area contributed by atoms with E-state index >= 15 is 0 Å². The first kappa shape index (κ1) is 10.8. The van der Waals surface area contributed by atoms with Crippen LogP contribution in [0.4, 0.5) is 5.69 Å². The number of nitrogens with zero attached hydrogens (tertiary/aromatic N) is 1. The van der Waals surface area contributed by atoms with Crippen LogP contribution in [0.5, 0.6) is 11.5 Å². The molecule has 0 fully saturated rings. The second-order valence-corrected chi connectivity index (χ2v) is 4.10. The van der Waals surface area contributed by atoms with Crippen LogP contribution in [0.2, 0.25) is 0 Å². The molecule has 1 aromatic carbocycles. The van der Waals surface area contributed by atoms with E-state index in [-0.39, 0.29) is 0 Å². The number of rotatable bonds is 4. The van der Waals surface area contributed by atoms with Gasteiger partial charge in [-0.15, -0.1) is 11.3 Å². The quantitative estimate of drug-likeness (QED) is 0.828. The molecule has 5 heteroatoms. The van der Waals surface area contributed by atoms with Gasteiger partial charge in [-0.25, -0.2) is 4.98 Å². The molecule has 2 aromatic rings. The van der Waals surface area contributed by atoms with Crippen molar-refractivity contribution < 1.29 is 9.47 Å². The van der Waals surface area contributed by atoms with Crippen LogP contribution in [0.3, 0.4) is 0 Å². The Labute approximate surface area is 97.6 Å². The number of hydrogen-bond acceptors (Lipinski definition) is 5. The molecular formula is C11H12N2O2S. The lowest BCUT2D eigenvalue weighted by Gasteiger charge is -2.07. The Morgan fingerprint density at radius 2 is 2.31 bits per heavy atom. The van der Waals surface area contributed by atoms with Gasteiger partial charge >= 0.3 is 0 Å². The highest BCUT2D eigenvalue weighted by atomic mass is 32.1. The van der Waals surface area contributed by atoms with Crippen molar-refractivity contribution in [3.8, 4) is 11.5 Å². The molecule has 0 aliphatic heterocycles. The lowest BCUT2D eigenvalue weighted by atomic mass is 10.3. The summed E-state index contributed by atoms with van der Waals surface area (Å²) in [5, 5.41) is 2.86. The summed E-state index contributed by atoms with van der Waals surface area (Å²) in [5.74, 6) is 1.37. The van der Waals surface area contributed by atoms with Crippen LogP contribution in [-0.2, 0) is 6.61 Å². The molecule has 0 aliphatic carbocycles. The third-order valence-corrected chi connectivity index (χ3v) is 2.80. The lowest BCUT2D eigenvalue weighted by molar-refractivity contribution is 0.305. The first-order chi connectivity index (χ1) is 7.79. The number of hydrogen-bond donors (Lipinski definition) is 1. The SMILES string of the molecule is COc1ccc(OCc2nccs2)cc1N. The fourth-order valence-corrected chi connectivity index (χ4v) is 1.80. The summed E-state index contributed by atoms with van der Waals surface area (Å²) in [7, 11) is 1.59. The molecule has 2 rings (SSSR count). The van der Waals surface area contributed by atoms with Crippen molar-refractivity contribution >= 4 is 17.0 Å². The van der Waals surface area contributed by atoms with E-state index in [1.54, 1.807) is 36.8 Å². The van der Waals surface area contributed by atoms with Crippen molar-refractivity contribution in [2.45, 2.75) is 6.61 Å². The molecule has 16 heavy (non-hydrogen) atoms. The monoisotopic (exact) mass is 236 g/mol. The smallest absolute Gasteiger partial charge is 0.142 e. The normalized spacial score (nSPS) is 10.1. The molecule has 0 radical (unpaired) electrons. The average Bonchev–Trinajstić information content (AvgIpc) is 2.79. The number of methoxy groups -OCH3 is 1. The van der Waals surface area contributed by atoms with Gasteiger partial charge in [-0.2, -0.15) is 0 Å². The fourth-order valence-electron chi connectivity index (χ4n) is 1.27. The van der Waals surface area contributed by atoms with Gasteiger partial charge in [-0.1, -0.05) is 0 Å². The number of benzene rings is 1. The number of nitrogens with two attached hydrogens (primary N) is 1. The predicted octanol–water partition coefficient (Wildman–Crippen LogP) is 2.31. The second-order valence-electron chi connectivity index (χ2n) is 3.12. The molecule has 1 aromatic heterocycles. The van der Waals surface area contributed by atoms with Crippen LogP contribution in [0.25, 0.3) is 0 Å². The van der Waals surface area contributed by atoms with Crippen LogP contribution < -0.4 is 15.2 Å². The maximum Gasteiger partial charge on any atom is 0.142 e. The molecule has 2 N–H and O–H groups in total. The van der Waals surface area contributed by atoms with Crippen molar-refractivity contribution in [3.63, 3.8) is 0 Å². The molecule has 84 valence electrons. The highest BCUT2D eigenvalue weighted by molar-refractivity contribution is 7.09. The first-order valence-electron chi connectivity index (χ1n) is 4.74. The van der Waals surface area contributed by atoms with Crippen LogP contribution in [-0.4, -0.2) is 12.1 Å². The van der Waals surface area contributed by atoms with E-state index in [9.17, 15) is 0 Å². The summed E-state index contributed by atoms with van der Waals surface area (Å²) in [6.07, 6.45) is 1.76. The van der Waals surface area contributed by atoms with Crippen LogP contribution in [0.15, 0.2) is 29.8 Å². The summed E-state index contributed by atoms with van der Waals surface area (Å²) in [5.41, 5.74) is 6.33. The maximum absolute atomic E-state index is 5.76. The van der Waals surface area contributed by atoms with E-state index in [1.807, 2.05) is 11.4 Å².